The maximum atomic E-state index is 13.4. The molecule has 0 radical (unpaired) electrons. The van der Waals surface area contributed by atoms with Crippen LogP contribution in [0.3, 0.4) is 0 Å². The standard InChI is InChI=1S/C16H15FO2/c1-11(2)12-6-8-13(9-7-12)19-16-5-3-4-15(17)14(16)10-18/h3-11H,1-2H3. The van der Waals surface area contributed by atoms with Gasteiger partial charge in [-0.15, -0.1) is 0 Å². The van der Waals surface area contributed by atoms with Gasteiger partial charge in [0, 0.05) is 0 Å². The zero-order valence-corrected chi connectivity index (χ0v) is 10.9. The Labute approximate surface area is 111 Å². The van der Waals surface area contributed by atoms with Crippen molar-refractivity contribution in [1.29, 1.82) is 0 Å². The first-order valence-corrected chi connectivity index (χ1v) is 6.13. The molecule has 0 bridgehead atoms. The van der Waals surface area contributed by atoms with Gasteiger partial charge in [0.25, 0.3) is 0 Å². The van der Waals surface area contributed by atoms with Crippen molar-refractivity contribution in [3.05, 3.63) is 59.4 Å². The third kappa shape index (κ3) is 2.99. The molecule has 0 spiro atoms. The van der Waals surface area contributed by atoms with Gasteiger partial charge in [-0.05, 0) is 35.7 Å². The Kier molecular flexibility index (Phi) is 3.95. The van der Waals surface area contributed by atoms with Gasteiger partial charge in [0.2, 0.25) is 0 Å². The fourth-order valence-corrected chi connectivity index (χ4v) is 1.77. The van der Waals surface area contributed by atoms with E-state index in [4.69, 9.17) is 4.74 Å². The first kappa shape index (κ1) is 13.3. The van der Waals surface area contributed by atoms with Crippen LogP contribution in [0.25, 0.3) is 0 Å². The van der Waals surface area contributed by atoms with Gasteiger partial charge in [-0.2, -0.15) is 0 Å². The van der Waals surface area contributed by atoms with Crippen LogP contribution in [0.4, 0.5) is 4.39 Å². The number of aldehydes is 1. The molecule has 0 saturated heterocycles. The van der Waals surface area contributed by atoms with Crippen LogP contribution in [0, 0.1) is 5.82 Å². The van der Waals surface area contributed by atoms with Crippen molar-refractivity contribution in [2.45, 2.75) is 19.8 Å². The topological polar surface area (TPSA) is 26.3 Å². The number of hydrogen-bond acceptors (Lipinski definition) is 2. The summed E-state index contributed by atoms with van der Waals surface area (Å²) < 4.78 is 19.0. The minimum absolute atomic E-state index is 0.0598. The molecule has 0 N–H and O–H groups in total. The first-order chi connectivity index (χ1) is 9.11. The van der Waals surface area contributed by atoms with Crippen LogP contribution < -0.4 is 4.74 Å². The highest BCUT2D eigenvalue weighted by Gasteiger charge is 2.09. The van der Waals surface area contributed by atoms with Crippen molar-refractivity contribution >= 4 is 6.29 Å². The second kappa shape index (κ2) is 5.65. The molecule has 0 aliphatic carbocycles. The van der Waals surface area contributed by atoms with E-state index in [1.54, 1.807) is 6.07 Å². The minimum atomic E-state index is -0.577. The number of halogens is 1. The van der Waals surface area contributed by atoms with E-state index in [2.05, 4.69) is 13.8 Å². The van der Waals surface area contributed by atoms with Crippen LogP contribution in [-0.4, -0.2) is 6.29 Å². The van der Waals surface area contributed by atoms with E-state index >= 15 is 0 Å². The molecule has 2 rings (SSSR count). The Bertz CT molecular complexity index is 574. The second-order valence-corrected chi connectivity index (χ2v) is 4.60. The average Bonchev–Trinajstić information content (AvgIpc) is 2.39. The van der Waals surface area contributed by atoms with Gasteiger partial charge < -0.3 is 4.74 Å². The molecule has 0 unspecified atom stereocenters. The van der Waals surface area contributed by atoms with Crippen molar-refractivity contribution in [2.24, 2.45) is 0 Å². The van der Waals surface area contributed by atoms with E-state index in [-0.39, 0.29) is 11.3 Å². The Hall–Kier alpha value is -2.16. The van der Waals surface area contributed by atoms with Gasteiger partial charge in [0.15, 0.2) is 6.29 Å². The molecule has 2 nitrogen and oxygen atoms in total. The molecule has 3 heteroatoms. The largest absolute Gasteiger partial charge is 0.457 e. The van der Waals surface area contributed by atoms with Gasteiger partial charge >= 0.3 is 0 Å². The highest BCUT2D eigenvalue weighted by molar-refractivity contribution is 5.79. The molecule has 0 atom stereocenters. The Morgan fingerprint density at radius 1 is 1.11 bits per heavy atom. The first-order valence-electron chi connectivity index (χ1n) is 6.13. The smallest absolute Gasteiger partial charge is 0.156 e. The summed E-state index contributed by atoms with van der Waals surface area (Å²) >= 11 is 0. The average molecular weight is 258 g/mol. The molecule has 0 aromatic heterocycles. The molecule has 0 fully saturated rings. The molecule has 2 aromatic carbocycles. The van der Waals surface area contributed by atoms with Crippen LogP contribution in [0.15, 0.2) is 42.5 Å². The molecule has 0 saturated carbocycles. The minimum Gasteiger partial charge on any atom is -0.457 e. The van der Waals surface area contributed by atoms with E-state index in [1.807, 2.05) is 24.3 Å². The number of benzene rings is 2. The highest BCUT2D eigenvalue weighted by atomic mass is 19.1. The summed E-state index contributed by atoms with van der Waals surface area (Å²) in [6.45, 7) is 4.21. The van der Waals surface area contributed by atoms with Crippen molar-refractivity contribution in [1.82, 2.24) is 0 Å². The fraction of sp³-hybridized carbons (Fsp3) is 0.188. The molecule has 19 heavy (non-hydrogen) atoms. The third-order valence-electron chi connectivity index (χ3n) is 2.91. The lowest BCUT2D eigenvalue weighted by Gasteiger charge is -2.10. The van der Waals surface area contributed by atoms with Gasteiger partial charge in [-0.3, -0.25) is 4.79 Å². The second-order valence-electron chi connectivity index (χ2n) is 4.60. The van der Waals surface area contributed by atoms with E-state index in [9.17, 15) is 9.18 Å². The molecule has 0 heterocycles. The predicted octanol–water partition coefficient (Wildman–Crippen LogP) is 4.55. The van der Waals surface area contributed by atoms with E-state index in [0.717, 1.165) is 0 Å². The molecule has 0 amide bonds. The van der Waals surface area contributed by atoms with Crippen molar-refractivity contribution in [3.63, 3.8) is 0 Å². The fourth-order valence-electron chi connectivity index (χ4n) is 1.77. The van der Waals surface area contributed by atoms with E-state index < -0.39 is 5.82 Å². The lowest BCUT2D eigenvalue weighted by Crippen LogP contribution is -1.94. The van der Waals surface area contributed by atoms with Crippen molar-refractivity contribution < 1.29 is 13.9 Å². The summed E-state index contributed by atoms with van der Waals surface area (Å²) in [5, 5.41) is 0. The molecule has 98 valence electrons. The highest BCUT2D eigenvalue weighted by Crippen LogP contribution is 2.27. The summed E-state index contributed by atoms with van der Waals surface area (Å²) in [6.07, 6.45) is 0.465. The SMILES string of the molecule is CC(C)c1ccc(Oc2cccc(F)c2C=O)cc1. The van der Waals surface area contributed by atoms with Crippen molar-refractivity contribution in [2.75, 3.05) is 0 Å². The van der Waals surface area contributed by atoms with Gasteiger partial charge in [-0.25, -0.2) is 4.39 Å². The Morgan fingerprint density at radius 2 is 1.79 bits per heavy atom. The summed E-state index contributed by atoms with van der Waals surface area (Å²) in [5.74, 6) is 0.672. The normalized spacial score (nSPS) is 10.5. The molecular formula is C16H15FO2. The monoisotopic (exact) mass is 258 g/mol. The number of hydrogen-bond donors (Lipinski definition) is 0. The maximum Gasteiger partial charge on any atom is 0.156 e. The quantitative estimate of drug-likeness (QED) is 0.752. The predicted molar refractivity (Wildman–Crippen MR) is 72.4 cm³/mol. The van der Waals surface area contributed by atoms with Crippen LogP contribution in [-0.2, 0) is 0 Å². The van der Waals surface area contributed by atoms with Crippen molar-refractivity contribution in [3.8, 4) is 11.5 Å². The number of rotatable bonds is 4. The molecule has 0 aliphatic heterocycles. The maximum absolute atomic E-state index is 13.4. The van der Waals surface area contributed by atoms with Crippen LogP contribution in [0.1, 0.15) is 35.7 Å². The Morgan fingerprint density at radius 3 is 2.37 bits per heavy atom. The summed E-state index contributed by atoms with van der Waals surface area (Å²) in [6, 6.07) is 11.9. The van der Waals surface area contributed by atoms with Gasteiger partial charge in [0.05, 0.1) is 5.56 Å². The Balaban J connectivity index is 2.26. The summed E-state index contributed by atoms with van der Waals surface area (Å²) in [5.41, 5.74) is 1.14. The summed E-state index contributed by atoms with van der Waals surface area (Å²) in [7, 11) is 0. The van der Waals surface area contributed by atoms with Crippen LogP contribution in [0.5, 0.6) is 11.5 Å². The number of ether oxygens (including phenoxy) is 1. The zero-order chi connectivity index (χ0) is 13.8. The summed E-state index contributed by atoms with van der Waals surface area (Å²) in [4.78, 5) is 10.9. The van der Waals surface area contributed by atoms with Gasteiger partial charge in [0.1, 0.15) is 17.3 Å². The molecule has 2 aromatic rings. The van der Waals surface area contributed by atoms with Crippen LogP contribution in [0.2, 0.25) is 0 Å². The molecule has 0 aliphatic rings. The van der Waals surface area contributed by atoms with E-state index in [1.165, 1.54) is 17.7 Å². The lowest BCUT2D eigenvalue weighted by molar-refractivity contribution is 0.111. The lowest BCUT2D eigenvalue weighted by atomic mass is 10.0. The van der Waals surface area contributed by atoms with E-state index in [0.29, 0.717) is 18.0 Å². The number of carbonyl (C=O) groups is 1. The third-order valence-corrected chi connectivity index (χ3v) is 2.91. The number of carbonyl (C=O) groups excluding carboxylic acids is 1. The molecular weight excluding hydrogens is 243 g/mol. The van der Waals surface area contributed by atoms with Crippen LogP contribution >= 0.6 is 0 Å². The van der Waals surface area contributed by atoms with Gasteiger partial charge in [-0.1, -0.05) is 32.0 Å². The zero-order valence-electron chi connectivity index (χ0n) is 10.9.